The van der Waals surface area contributed by atoms with Crippen molar-refractivity contribution in [3.8, 4) is 0 Å². The van der Waals surface area contributed by atoms with Crippen LogP contribution in [0.5, 0.6) is 0 Å². The minimum atomic E-state index is -4.53. The molecule has 1 aromatic rings. The first-order valence-electron chi connectivity index (χ1n) is 7.57. The maximum absolute atomic E-state index is 13.1. The van der Waals surface area contributed by atoms with E-state index < -0.39 is 29.5 Å². The van der Waals surface area contributed by atoms with Crippen molar-refractivity contribution in [3.05, 3.63) is 35.4 Å². The van der Waals surface area contributed by atoms with Gasteiger partial charge in [0.1, 0.15) is 6.04 Å². The van der Waals surface area contributed by atoms with Crippen LogP contribution in [0.3, 0.4) is 0 Å². The van der Waals surface area contributed by atoms with Crippen LogP contribution in [0.2, 0.25) is 0 Å². The van der Waals surface area contributed by atoms with Gasteiger partial charge in [0.2, 0.25) is 5.91 Å². The molecule has 1 rings (SSSR count). The van der Waals surface area contributed by atoms with Gasteiger partial charge in [-0.1, -0.05) is 39.0 Å². The molecule has 0 fully saturated rings. The molecule has 1 unspecified atom stereocenters. The molecule has 0 saturated heterocycles. The molecule has 0 bridgehead atoms. The predicted molar refractivity (Wildman–Crippen MR) is 83.8 cm³/mol. The summed E-state index contributed by atoms with van der Waals surface area (Å²) < 4.78 is 39.2. The van der Waals surface area contributed by atoms with Gasteiger partial charge in [-0.3, -0.25) is 4.79 Å². The van der Waals surface area contributed by atoms with Crippen molar-refractivity contribution in [2.24, 2.45) is 5.41 Å². The predicted octanol–water partition coefficient (Wildman–Crippen LogP) is 3.80. The van der Waals surface area contributed by atoms with Gasteiger partial charge in [-0.25, -0.2) is 4.79 Å². The van der Waals surface area contributed by atoms with Crippen molar-refractivity contribution in [3.63, 3.8) is 0 Å². The van der Waals surface area contributed by atoms with Gasteiger partial charge >= 0.3 is 12.1 Å². The number of carboxylic acid groups (broad SMARTS) is 1. The maximum atomic E-state index is 13.1. The van der Waals surface area contributed by atoms with Crippen molar-refractivity contribution < 1.29 is 27.9 Å². The Hall–Kier alpha value is -2.05. The third-order valence-electron chi connectivity index (χ3n) is 3.42. The molecular weight excluding hydrogens is 323 g/mol. The highest BCUT2D eigenvalue weighted by atomic mass is 19.4. The molecule has 0 spiro atoms. The number of hydrogen-bond donors (Lipinski definition) is 2. The summed E-state index contributed by atoms with van der Waals surface area (Å²) in [5.74, 6) is -1.88. The number of carbonyl (C=O) groups excluding carboxylic acids is 1. The van der Waals surface area contributed by atoms with Crippen LogP contribution >= 0.6 is 0 Å². The summed E-state index contributed by atoms with van der Waals surface area (Å²) in [6.07, 6.45) is -4.90. The second-order valence-electron chi connectivity index (χ2n) is 6.89. The van der Waals surface area contributed by atoms with Gasteiger partial charge in [0.15, 0.2) is 0 Å². The number of amides is 1. The molecule has 0 aliphatic rings. The Labute approximate surface area is 139 Å². The molecule has 4 nitrogen and oxygen atoms in total. The Morgan fingerprint density at radius 3 is 2.25 bits per heavy atom. The zero-order chi connectivity index (χ0) is 18.5. The van der Waals surface area contributed by atoms with E-state index in [-0.39, 0.29) is 24.8 Å². The number of nitrogens with one attached hydrogen (secondary N) is 1. The van der Waals surface area contributed by atoms with E-state index in [9.17, 15) is 22.8 Å². The first kappa shape index (κ1) is 20.0. The number of aryl methyl sites for hydroxylation is 1. The molecule has 1 atom stereocenters. The highest BCUT2D eigenvalue weighted by Gasteiger charge is 2.42. The molecule has 0 aromatic heterocycles. The number of rotatable bonds is 6. The highest BCUT2D eigenvalue weighted by Crippen LogP contribution is 2.30. The van der Waals surface area contributed by atoms with Crippen LogP contribution in [0.15, 0.2) is 24.3 Å². The van der Waals surface area contributed by atoms with Gasteiger partial charge in [0.05, 0.1) is 5.56 Å². The van der Waals surface area contributed by atoms with Crippen LogP contribution in [-0.4, -0.2) is 29.2 Å². The minimum Gasteiger partial charge on any atom is -0.478 e. The Morgan fingerprint density at radius 2 is 1.75 bits per heavy atom. The fourth-order valence-electron chi connectivity index (χ4n) is 2.32. The van der Waals surface area contributed by atoms with Crippen LogP contribution < -0.4 is 5.32 Å². The van der Waals surface area contributed by atoms with Crippen molar-refractivity contribution in [1.82, 2.24) is 5.32 Å². The number of benzene rings is 1. The lowest BCUT2D eigenvalue weighted by Crippen LogP contribution is -2.47. The van der Waals surface area contributed by atoms with Crippen LogP contribution in [0.25, 0.3) is 0 Å². The van der Waals surface area contributed by atoms with E-state index >= 15 is 0 Å². The molecule has 0 aliphatic heterocycles. The van der Waals surface area contributed by atoms with Crippen LogP contribution in [0.1, 0.15) is 49.5 Å². The van der Waals surface area contributed by atoms with Gasteiger partial charge in [0.25, 0.3) is 0 Å². The molecule has 7 heteroatoms. The lowest BCUT2D eigenvalue weighted by Gasteiger charge is -2.28. The van der Waals surface area contributed by atoms with E-state index in [1.165, 1.54) is 6.07 Å². The Balaban J connectivity index is 2.72. The number of hydrogen-bond acceptors (Lipinski definition) is 2. The molecular formula is C17H22F3NO3. The molecule has 0 aliphatic carbocycles. The molecule has 2 N–H and O–H groups in total. The standard InChI is InChI=1S/C17H22F3NO3/c1-16(2,3)10-13(17(18,19)20)21-14(22)9-8-11-6-4-5-7-12(11)15(23)24/h4-7,13H,8-10H2,1-3H3,(H,21,22)(H,23,24). The SMILES string of the molecule is CC(C)(C)CC(NC(=O)CCc1ccccc1C(=O)O)C(F)(F)F. The molecule has 0 radical (unpaired) electrons. The lowest BCUT2D eigenvalue weighted by atomic mass is 9.87. The van der Waals surface area contributed by atoms with Gasteiger partial charge < -0.3 is 10.4 Å². The van der Waals surface area contributed by atoms with Gasteiger partial charge in [0, 0.05) is 6.42 Å². The monoisotopic (exact) mass is 345 g/mol. The summed E-state index contributed by atoms with van der Waals surface area (Å²) >= 11 is 0. The Morgan fingerprint density at radius 1 is 1.17 bits per heavy atom. The summed E-state index contributed by atoms with van der Waals surface area (Å²) in [6, 6.07) is 4.20. The quantitative estimate of drug-likeness (QED) is 0.824. The minimum absolute atomic E-state index is 0.0485. The van der Waals surface area contributed by atoms with Crippen molar-refractivity contribution in [1.29, 1.82) is 0 Å². The van der Waals surface area contributed by atoms with E-state index in [0.29, 0.717) is 5.56 Å². The van der Waals surface area contributed by atoms with Crippen LogP contribution in [0, 0.1) is 5.41 Å². The van der Waals surface area contributed by atoms with Gasteiger partial charge in [-0.15, -0.1) is 0 Å². The molecule has 0 saturated carbocycles. The first-order chi connectivity index (χ1) is 10.9. The third-order valence-corrected chi connectivity index (χ3v) is 3.42. The Kier molecular flexibility index (Phi) is 6.40. The first-order valence-corrected chi connectivity index (χ1v) is 7.57. The number of carboxylic acids is 1. The summed E-state index contributed by atoms with van der Waals surface area (Å²) in [5.41, 5.74) is -0.129. The van der Waals surface area contributed by atoms with Crippen LogP contribution in [-0.2, 0) is 11.2 Å². The second-order valence-corrected chi connectivity index (χ2v) is 6.89. The molecule has 134 valence electrons. The highest BCUT2D eigenvalue weighted by molar-refractivity contribution is 5.89. The molecule has 24 heavy (non-hydrogen) atoms. The number of aromatic carboxylic acids is 1. The fourth-order valence-corrected chi connectivity index (χ4v) is 2.32. The summed E-state index contributed by atoms with van der Waals surface area (Å²) in [7, 11) is 0. The normalized spacial score (nSPS) is 13.4. The molecule has 1 aromatic carbocycles. The lowest BCUT2D eigenvalue weighted by molar-refractivity contribution is -0.167. The third kappa shape index (κ3) is 6.60. The van der Waals surface area contributed by atoms with E-state index in [4.69, 9.17) is 5.11 Å². The second kappa shape index (κ2) is 7.68. The average molecular weight is 345 g/mol. The summed E-state index contributed by atoms with van der Waals surface area (Å²) in [6.45, 7) is 5.00. The van der Waals surface area contributed by atoms with Crippen molar-refractivity contribution in [2.75, 3.05) is 0 Å². The van der Waals surface area contributed by atoms with Crippen molar-refractivity contribution in [2.45, 2.75) is 52.3 Å². The fraction of sp³-hybridized carbons (Fsp3) is 0.529. The molecule has 1 amide bonds. The smallest absolute Gasteiger partial charge is 0.408 e. The zero-order valence-electron chi connectivity index (χ0n) is 13.9. The maximum Gasteiger partial charge on any atom is 0.408 e. The van der Waals surface area contributed by atoms with Gasteiger partial charge in [-0.05, 0) is 29.9 Å². The van der Waals surface area contributed by atoms with Crippen molar-refractivity contribution >= 4 is 11.9 Å². The number of halogens is 3. The van der Waals surface area contributed by atoms with Crippen LogP contribution in [0.4, 0.5) is 13.2 Å². The van der Waals surface area contributed by atoms with Gasteiger partial charge in [-0.2, -0.15) is 13.2 Å². The zero-order valence-corrected chi connectivity index (χ0v) is 13.9. The van der Waals surface area contributed by atoms with E-state index in [2.05, 4.69) is 0 Å². The van der Waals surface area contributed by atoms with E-state index in [1.807, 2.05) is 5.32 Å². The number of carbonyl (C=O) groups is 2. The Bertz CT molecular complexity index is 591. The van der Waals surface area contributed by atoms with E-state index in [1.54, 1.807) is 39.0 Å². The average Bonchev–Trinajstić information content (AvgIpc) is 2.42. The largest absolute Gasteiger partial charge is 0.478 e. The molecule has 0 heterocycles. The summed E-state index contributed by atoms with van der Waals surface area (Å²) in [4.78, 5) is 23.0. The van der Waals surface area contributed by atoms with E-state index in [0.717, 1.165) is 0 Å². The topological polar surface area (TPSA) is 66.4 Å². The summed E-state index contributed by atoms with van der Waals surface area (Å²) in [5, 5.41) is 11.1. The number of alkyl halides is 3.